The summed E-state index contributed by atoms with van der Waals surface area (Å²) in [5, 5.41) is 2.97. The maximum atomic E-state index is 11.8. The van der Waals surface area contributed by atoms with Crippen molar-refractivity contribution in [3.05, 3.63) is 12.3 Å². The maximum absolute atomic E-state index is 11.8. The first-order chi connectivity index (χ1) is 7.08. The van der Waals surface area contributed by atoms with Gasteiger partial charge in [0.25, 0.3) is 0 Å². The largest absolute Gasteiger partial charge is 0.497 e. The second-order valence-corrected chi connectivity index (χ2v) is 3.63. The highest BCUT2D eigenvalue weighted by Crippen LogP contribution is 2.20. The van der Waals surface area contributed by atoms with E-state index in [2.05, 4.69) is 5.32 Å². The van der Waals surface area contributed by atoms with Crippen LogP contribution in [-0.4, -0.2) is 25.4 Å². The van der Waals surface area contributed by atoms with Crippen LogP contribution in [0.3, 0.4) is 0 Å². The molecule has 1 heterocycles. The van der Waals surface area contributed by atoms with E-state index in [1.165, 1.54) is 0 Å². The van der Waals surface area contributed by atoms with Crippen molar-refractivity contribution < 1.29 is 17.9 Å². The van der Waals surface area contributed by atoms with Crippen LogP contribution in [0.25, 0.3) is 0 Å². The summed E-state index contributed by atoms with van der Waals surface area (Å²) >= 11 is 0. The summed E-state index contributed by atoms with van der Waals surface area (Å²) in [5.41, 5.74) is 0. The number of halogens is 3. The minimum atomic E-state index is -4.04. The predicted molar refractivity (Wildman–Crippen MR) is 51.4 cm³/mol. The predicted octanol–water partition coefficient (Wildman–Crippen LogP) is 2.61. The van der Waals surface area contributed by atoms with Crippen LogP contribution in [0.2, 0.25) is 0 Å². The molecule has 0 fully saturated rings. The van der Waals surface area contributed by atoms with Gasteiger partial charge in [0.05, 0.1) is 6.26 Å². The Labute approximate surface area is 87.5 Å². The third-order valence-corrected chi connectivity index (χ3v) is 2.21. The van der Waals surface area contributed by atoms with Crippen LogP contribution in [0.15, 0.2) is 12.3 Å². The second-order valence-electron chi connectivity index (χ2n) is 3.63. The van der Waals surface area contributed by atoms with E-state index >= 15 is 0 Å². The lowest BCUT2D eigenvalue weighted by molar-refractivity contribution is -0.135. The highest BCUT2D eigenvalue weighted by Gasteiger charge is 2.25. The summed E-state index contributed by atoms with van der Waals surface area (Å²) in [6.45, 7) is 1.02. The summed E-state index contributed by atoms with van der Waals surface area (Å²) in [5.74, 6) is 0. The highest BCUT2D eigenvalue weighted by molar-refractivity contribution is 4.82. The van der Waals surface area contributed by atoms with E-state index in [0.29, 0.717) is 13.1 Å². The number of alkyl halides is 3. The van der Waals surface area contributed by atoms with Crippen LogP contribution < -0.4 is 5.32 Å². The molecule has 2 nitrogen and oxygen atoms in total. The van der Waals surface area contributed by atoms with Gasteiger partial charge in [-0.1, -0.05) is 0 Å². The zero-order valence-corrected chi connectivity index (χ0v) is 8.52. The molecule has 1 atom stereocenters. The molecule has 88 valence electrons. The average Bonchev–Trinajstić information content (AvgIpc) is 2.17. The van der Waals surface area contributed by atoms with E-state index in [0.717, 1.165) is 12.8 Å². The van der Waals surface area contributed by atoms with Gasteiger partial charge < -0.3 is 10.1 Å². The third kappa shape index (κ3) is 6.38. The lowest BCUT2D eigenvalue weighted by Crippen LogP contribution is -2.30. The molecule has 0 radical (unpaired) electrons. The first-order valence-corrected chi connectivity index (χ1v) is 5.16. The number of rotatable bonds is 5. The van der Waals surface area contributed by atoms with Crippen molar-refractivity contribution in [1.29, 1.82) is 0 Å². The molecular formula is C10H16F3NO. The third-order valence-electron chi connectivity index (χ3n) is 2.21. The SMILES string of the molecule is FC(F)(F)CCCNCC1CCC=CO1. The maximum Gasteiger partial charge on any atom is 0.389 e. The molecule has 1 rings (SSSR count). The van der Waals surface area contributed by atoms with Gasteiger partial charge in [-0.3, -0.25) is 0 Å². The fraction of sp³-hybridized carbons (Fsp3) is 0.800. The van der Waals surface area contributed by atoms with Crippen molar-refractivity contribution in [3.8, 4) is 0 Å². The summed E-state index contributed by atoms with van der Waals surface area (Å²) in [6.07, 6.45) is 1.01. The van der Waals surface area contributed by atoms with Gasteiger partial charge in [0.15, 0.2) is 0 Å². The molecule has 1 aliphatic heterocycles. The lowest BCUT2D eigenvalue weighted by atomic mass is 10.1. The van der Waals surface area contributed by atoms with Gasteiger partial charge in [-0.2, -0.15) is 13.2 Å². The van der Waals surface area contributed by atoms with Crippen LogP contribution in [0.4, 0.5) is 13.2 Å². The fourth-order valence-corrected chi connectivity index (χ4v) is 1.41. The number of ether oxygens (including phenoxy) is 1. The van der Waals surface area contributed by atoms with Crippen molar-refractivity contribution in [2.24, 2.45) is 0 Å². The van der Waals surface area contributed by atoms with Crippen molar-refractivity contribution >= 4 is 0 Å². The van der Waals surface area contributed by atoms with Gasteiger partial charge in [-0.25, -0.2) is 0 Å². The molecule has 0 bridgehead atoms. The van der Waals surface area contributed by atoms with Gasteiger partial charge in [0.2, 0.25) is 0 Å². The van der Waals surface area contributed by atoms with Crippen LogP contribution in [0.5, 0.6) is 0 Å². The van der Waals surface area contributed by atoms with E-state index in [1.54, 1.807) is 6.26 Å². The minimum absolute atomic E-state index is 0.112. The molecule has 0 aromatic rings. The molecule has 1 N–H and O–H groups in total. The van der Waals surface area contributed by atoms with E-state index in [1.807, 2.05) is 6.08 Å². The second kappa shape index (κ2) is 6.00. The van der Waals surface area contributed by atoms with Crippen molar-refractivity contribution in [1.82, 2.24) is 5.32 Å². The van der Waals surface area contributed by atoms with Gasteiger partial charge in [-0.15, -0.1) is 0 Å². The normalized spacial score (nSPS) is 21.4. The Morgan fingerprint density at radius 2 is 2.20 bits per heavy atom. The van der Waals surface area contributed by atoms with E-state index in [-0.39, 0.29) is 12.5 Å². The Bertz CT molecular complexity index is 203. The van der Waals surface area contributed by atoms with Gasteiger partial charge in [-0.05, 0) is 31.9 Å². The molecule has 5 heteroatoms. The Balaban J connectivity index is 1.95. The van der Waals surface area contributed by atoms with Crippen LogP contribution in [-0.2, 0) is 4.74 Å². The smallest absolute Gasteiger partial charge is 0.389 e. The van der Waals surface area contributed by atoms with Crippen LogP contribution in [0, 0.1) is 0 Å². The molecule has 0 saturated heterocycles. The Hall–Kier alpha value is -0.710. The molecule has 0 saturated carbocycles. The average molecular weight is 223 g/mol. The molecule has 1 aliphatic rings. The highest BCUT2D eigenvalue weighted by atomic mass is 19.4. The molecule has 15 heavy (non-hydrogen) atoms. The van der Waals surface area contributed by atoms with Gasteiger partial charge in [0.1, 0.15) is 6.10 Å². The zero-order chi connectivity index (χ0) is 11.1. The zero-order valence-electron chi connectivity index (χ0n) is 8.52. The van der Waals surface area contributed by atoms with Gasteiger partial charge in [0, 0.05) is 13.0 Å². The Kier molecular flexibility index (Phi) is 4.94. The van der Waals surface area contributed by atoms with E-state index in [4.69, 9.17) is 4.74 Å². The fourth-order valence-electron chi connectivity index (χ4n) is 1.41. The summed E-state index contributed by atoms with van der Waals surface area (Å²) in [7, 11) is 0. The lowest BCUT2D eigenvalue weighted by Gasteiger charge is -2.19. The van der Waals surface area contributed by atoms with Crippen LogP contribution in [0.1, 0.15) is 25.7 Å². The molecule has 0 aromatic carbocycles. The van der Waals surface area contributed by atoms with Gasteiger partial charge >= 0.3 is 6.18 Å². The van der Waals surface area contributed by atoms with E-state index in [9.17, 15) is 13.2 Å². The Morgan fingerprint density at radius 3 is 2.80 bits per heavy atom. The van der Waals surface area contributed by atoms with Crippen LogP contribution >= 0.6 is 0 Å². The summed E-state index contributed by atoms with van der Waals surface area (Å²) in [4.78, 5) is 0. The van der Waals surface area contributed by atoms with E-state index < -0.39 is 12.6 Å². The molecular weight excluding hydrogens is 207 g/mol. The van der Waals surface area contributed by atoms with Crippen molar-refractivity contribution in [2.75, 3.05) is 13.1 Å². The van der Waals surface area contributed by atoms with Crippen molar-refractivity contribution in [2.45, 2.75) is 38.0 Å². The quantitative estimate of drug-likeness (QED) is 0.723. The van der Waals surface area contributed by atoms with Crippen molar-refractivity contribution in [3.63, 3.8) is 0 Å². The first-order valence-electron chi connectivity index (χ1n) is 5.16. The molecule has 1 unspecified atom stereocenters. The molecule has 0 amide bonds. The molecule has 0 spiro atoms. The molecule has 0 aliphatic carbocycles. The first kappa shape index (κ1) is 12.4. The minimum Gasteiger partial charge on any atom is -0.497 e. The number of allylic oxidation sites excluding steroid dienone is 1. The number of nitrogens with one attached hydrogen (secondary N) is 1. The summed E-state index contributed by atoms with van der Waals surface area (Å²) < 4.78 is 40.6. The molecule has 0 aromatic heterocycles. The standard InChI is InChI=1S/C10H16F3NO/c11-10(12,13)5-3-6-14-8-9-4-1-2-7-15-9/h2,7,9,14H,1,3-6,8H2. The number of hydrogen-bond donors (Lipinski definition) is 1. The monoisotopic (exact) mass is 223 g/mol. The summed E-state index contributed by atoms with van der Waals surface area (Å²) in [6, 6.07) is 0. The number of hydrogen-bond acceptors (Lipinski definition) is 2. The topological polar surface area (TPSA) is 21.3 Å². The Morgan fingerprint density at radius 1 is 1.40 bits per heavy atom.